The molecule has 0 aromatic heterocycles. The molecule has 2 nitrogen and oxygen atoms in total. The first kappa shape index (κ1) is 14.5. The van der Waals surface area contributed by atoms with E-state index < -0.39 is 0 Å². The number of hydrogen-bond donors (Lipinski definition) is 1. The molecule has 0 aliphatic carbocycles. The lowest BCUT2D eigenvalue weighted by Crippen LogP contribution is -2.11. The minimum absolute atomic E-state index is 0.486. The molecule has 0 unspecified atom stereocenters. The van der Waals surface area contributed by atoms with Gasteiger partial charge in [-0.05, 0) is 36.4 Å². The molecular weight excluding hydrogens is 349 g/mol. The summed E-state index contributed by atoms with van der Waals surface area (Å²) in [5.74, 6) is 0.531. The molecule has 1 N–H and O–H groups in total. The third kappa shape index (κ3) is 4.30. The molecule has 0 saturated carbocycles. The Bertz CT molecular complexity index is 525. The van der Waals surface area contributed by atoms with Crippen LogP contribution < -0.4 is 10.1 Å². The van der Waals surface area contributed by atoms with Gasteiger partial charge in [0.15, 0.2) is 5.75 Å². The zero-order valence-corrected chi connectivity index (χ0v) is 13.1. The Balaban J connectivity index is 1.82. The van der Waals surface area contributed by atoms with Gasteiger partial charge in [-0.3, -0.25) is 0 Å². The summed E-state index contributed by atoms with van der Waals surface area (Å²) in [6.45, 7) is 1.16. The molecule has 5 heteroatoms. The number of benzene rings is 2. The van der Waals surface area contributed by atoms with Gasteiger partial charge in [0.05, 0.1) is 10.0 Å². The highest BCUT2D eigenvalue weighted by Gasteiger charge is 2.05. The molecule has 2 aromatic carbocycles. The number of ether oxygens (including phenoxy) is 1. The van der Waals surface area contributed by atoms with Crippen molar-refractivity contribution in [2.45, 2.75) is 0 Å². The maximum Gasteiger partial charge on any atom is 0.156 e. The maximum absolute atomic E-state index is 6.01. The van der Waals surface area contributed by atoms with E-state index in [0.717, 1.165) is 10.2 Å². The van der Waals surface area contributed by atoms with Gasteiger partial charge in [0.1, 0.15) is 6.61 Å². The molecule has 0 radical (unpaired) electrons. The van der Waals surface area contributed by atoms with Crippen LogP contribution in [0, 0.1) is 0 Å². The van der Waals surface area contributed by atoms with Gasteiger partial charge in [-0.1, -0.05) is 45.2 Å². The van der Waals surface area contributed by atoms with Gasteiger partial charge in [0.2, 0.25) is 0 Å². The Morgan fingerprint density at radius 1 is 1.00 bits per heavy atom. The van der Waals surface area contributed by atoms with E-state index in [2.05, 4.69) is 21.2 Å². The van der Waals surface area contributed by atoms with Gasteiger partial charge in [0.25, 0.3) is 0 Å². The fourth-order valence-electron chi connectivity index (χ4n) is 1.54. The highest BCUT2D eigenvalue weighted by molar-refractivity contribution is 9.10. The highest BCUT2D eigenvalue weighted by Crippen LogP contribution is 2.32. The van der Waals surface area contributed by atoms with Crippen molar-refractivity contribution in [2.75, 3.05) is 18.5 Å². The quantitative estimate of drug-likeness (QED) is 0.735. The predicted octanol–water partition coefficient (Wildman–Crippen LogP) is 5.25. The minimum atomic E-state index is 0.486. The molecule has 0 heterocycles. The van der Waals surface area contributed by atoms with Gasteiger partial charge in [-0.2, -0.15) is 0 Å². The molecule has 100 valence electrons. The zero-order chi connectivity index (χ0) is 13.7. The molecule has 0 spiro atoms. The molecule has 0 aliphatic rings. The Labute approximate surface area is 130 Å². The van der Waals surface area contributed by atoms with Crippen LogP contribution in [0.5, 0.6) is 5.75 Å². The third-order valence-electron chi connectivity index (χ3n) is 2.44. The summed E-state index contributed by atoms with van der Waals surface area (Å²) in [7, 11) is 0. The van der Waals surface area contributed by atoms with Crippen molar-refractivity contribution in [2.24, 2.45) is 0 Å². The van der Waals surface area contributed by atoms with Crippen LogP contribution in [0.2, 0.25) is 10.0 Å². The number of rotatable bonds is 5. The maximum atomic E-state index is 6.01. The topological polar surface area (TPSA) is 21.3 Å². The first-order valence-corrected chi connectivity index (χ1v) is 7.28. The van der Waals surface area contributed by atoms with Crippen molar-refractivity contribution in [3.05, 3.63) is 57.0 Å². The van der Waals surface area contributed by atoms with Crippen molar-refractivity contribution in [1.82, 2.24) is 0 Å². The number of para-hydroxylation sites is 1. The number of nitrogens with one attached hydrogen (secondary N) is 1. The summed E-state index contributed by atoms with van der Waals surface area (Å²) in [5, 5.41) is 4.30. The SMILES string of the molecule is Clc1cccc(Cl)c1OCCNc1ccc(Br)cc1. The monoisotopic (exact) mass is 359 g/mol. The van der Waals surface area contributed by atoms with Crippen LogP contribution in [-0.2, 0) is 0 Å². The number of hydrogen-bond acceptors (Lipinski definition) is 2. The smallest absolute Gasteiger partial charge is 0.156 e. The molecule has 0 aliphatic heterocycles. The summed E-state index contributed by atoms with van der Waals surface area (Å²) in [5.41, 5.74) is 1.04. The highest BCUT2D eigenvalue weighted by atomic mass is 79.9. The van der Waals surface area contributed by atoms with E-state index in [0.29, 0.717) is 28.9 Å². The first-order chi connectivity index (χ1) is 9.16. The van der Waals surface area contributed by atoms with Crippen LogP contribution in [0.3, 0.4) is 0 Å². The second kappa shape index (κ2) is 7.04. The molecule has 0 atom stereocenters. The number of halogens is 3. The first-order valence-electron chi connectivity index (χ1n) is 5.73. The standard InChI is InChI=1S/C14H12BrCl2NO/c15-10-4-6-11(7-5-10)18-8-9-19-14-12(16)2-1-3-13(14)17/h1-7,18H,8-9H2. The second-order valence-electron chi connectivity index (χ2n) is 3.83. The molecule has 19 heavy (non-hydrogen) atoms. The molecule has 0 saturated heterocycles. The third-order valence-corrected chi connectivity index (χ3v) is 3.56. The van der Waals surface area contributed by atoms with Crippen LogP contribution >= 0.6 is 39.1 Å². The predicted molar refractivity (Wildman–Crippen MR) is 84.6 cm³/mol. The van der Waals surface area contributed by atoms with Crippen molar-refractivity contribution in [3.63, 3.8) is 0 Å². The van der Waals surface area contributed by atoms with E-state index >= 15 is 0 Å². The summed E-state index contributed by atoms with van der Waals surface area (Å²) in [6, 6.07) is 13.2. The van der Waals surface area contributed by atoms with Crippen LogP contribution in [-0.4, -0.2) is 13.2 Å². The number of anilines is 1. The molecule has 0 amide bonds. The molecule has 2 rings (SSSR count). The average Bonchev–Trinajstić information content (AvgIpc) is 2.39. The second-order valence-corrected chi connectivity index (χ2v) is 5.56. The summed E-state index contributed by atoms with van der Waals surface area (Å²) in [4.78, 5) is 0. The fraction of sp³-hybridized carbons (Fsp3) is 0.143. The van der Waals surface area contributed by atoms with E-state index in [4.69, 9.17) is 27.9 Å². The van der Waals surface area contributed by atoms with E-state index in [1.54, 1.807) is 18.2 Å². The molecular formula is C14H12BrCl2NO. The van der Waals surface area contributed by atoms with Crippen molar-refractivity contribution in [1.29, 1.82) is 0 Å². The Kier molecular flexibility index (Phi) is 5.37. The Morgan fingerprint density at radius 2 is 1.63 bits per heavy atom. The van der Waals surface area contributed by atoms with Crippen LogP contribution in [0.25, 0.3) is 0 Å². The molecule has 2 aromatic rings. The Hall–Kier alpha value is -0.900. The van der Waals surface area contributed by atoms with E-state index in [1.807, 2.05) is 24.3 Å². The van der Waals surface area contributed by atoms with Gasteiger partial charge in [-0.25, -0.2) is 0 Å². The lowest BCUT2D eigenvalue weighted by atomic mass is 10.3. The summed E-state index contributed by atoms with van der Waals surface area (Å²) in [6.07, 6.45) is 0. The minimum Gasteiger partial charge on any atom is -0.489 e. The van der Waals surface area contributed by atoms with Crippen molar-refractivity contribution < 1.29 is 4.74 Å². The van der Waals surface area contributed by atoms with Crippen molar-refractivity contribution >= 4 is 44.8 Å². The molecule has 0 fully saturated rings. The lowest BCUT2D eigenvalue weighted by Gasteiger charge is -2.11. The van der Waals surface area contributed by atoms with E-state index in [-0.39, 0.29) is 0 Å². The van der Waals surface area contributed by atoms with Gasteiger partial charge in [-0.15, -0.1) is 0 Å². The van der Waals surface area contributed by atoms with Gasteiger partial charge in [0, 0.05) is 16.7 Å². The summed E-state index contributed by atoms with van der Waals surface area (Å²) >= 11 is 15.4. The largest absolute Gasteiger partial charge is 0.489 e. The summed E-state index contributed by atoms with van der Waals surface area (Å²) < 4.78 is 6.63. The molecule has 0 bridgehead atoms. The average molecular weight is 361 g/mol. The van der Waals surface area contributed by atoms with Crippen molar-refractivity contribution in [3.8, 4) is 5.75 Å². The van der Waals surface area contributed by atoms with Gasteiger partial charge >= 0.3 is 0 Å². The van der Waals surface area contributed by atoms with Crippen LogP contribution in [0.4, 0.5) is 5.69 Å². The van der Waals surface area contributed by atoms with E-state index in [1.165, 1.54) is 0 Å². The van der Waals surface area contributed by atoms with Crippen LogP contribution in [0.1, 0.15) is 0 Å². The zero-order valence-electron chi connectivity index (χ0n) is 10.00. The van der Waals surface area contributed by atoms with Gasteiger partial charge < -0.3 is 10.1 Å². The normalized spacial score (nSPS) is 10.3. The lowest BCUT2D eigenvalue weighted by molar-refractivity contribution is 0.333. The Morgan fingerprint density at radius 3 is 2.26 bits per heavy atom. The fourth-order valence-corrected chi connectivity index (χ4v) is 2.31. The van der Waals surface area contributed by atoms with E-state index in [9.17, 15) is 0 Å². The van der Waals surface area contributed by atoms with Crippen LogP contribution in [0.15, 0.2) is 46.9 Å².